The summed E-state index contributed by atoms with van der Waals surface area (Å²) in [7, 11) is 0.222. The van der Waals surface area contributed by atoms with Crippen molar-refractivity contribution in [1.82, 2.24) is 19.4 Å². The van der Waals surface area contributed by atoms with Gasteiger partial charge in [0.05, 0.1) is 30.3 Å². The van der Waals surface area contributed by atoms with Gasteiger partial charge in [-0.1, -0.05) is 6.92 Å². The predicted octanol–water partition coefficient (Wildman–Crippen LogP) is 1.97. The Morgan fingerprint density at radius 3 is 2.75 bits per heavy atom. The molecule has 0 saturated carbocycles. The maximum Gasteiger partial charge on any atom is 0.227 e. The summed E-state index contributed by atoms with van der Waals surface area (Å²) in [6, 6.07) is 0.141. The van der Waals surface area contributed by atoms with E-state index in [0.717, 1.165) is 10.7 Å². The lowest BCUT2D eigenvalue weighted by atomic mass is 10.3. The van der Waals surface area contributed by atoms with Crippen molar-refractivity contribution in [2.75, 3.05) is 26.5 Å². The molecule has 9 heteroatoms. The second kappa shape index (κ2) is 8.19. The van der Waals surface area contributed by atoms with Crippen LogP contribution in [0.5, 0.6) is 0 Å². The highest BCUT2D eigenvalue weighted by atomic mass is 32.2. The summed E-state index contributed by atoms with van der Waals surface area (Å²) in [5, 5.41) is 3.10. The van der Waals surface area contributed by atoms with E-state index in [1.807, 2.05) is 12.4 Å². The van der Waals surface area contributed by atoms with Gasteiger partial charge in [-0.3, -0.25) is 4.90 Å². The normalized spacial score (nSPS) is 13.5. The number of nitrogens with zero attached hydrogens (tertiary/aromatic N) is 4. The second-order valence-corrected chi connectivity index (χ2v) is 8.64. The topological polar surface area (TPSA) is 77.3 Å². The molecule has 0 fully saturated rings. The highest BCUT2D eigenvalue weighted by molar-refractivity contribution is 7.91. The molecule has 2 heterocycles. The average Bonchev–Trinajstić information content (AvgIpc) is 3.22. The van der Waals surface area contributed by atoms with E-state index in [1.165, 1.54) is 0 Å². The lowest BCUT2D eigenvalue weighted by Crippen LogP contribution is -2.25. The fourth-order valence-electron chi connectivity index (χ4n) is 2.34. The Morgan fingerprint density at radius 2 is 2.17 bits per heavy atom. The van der Waals surface area contributed by atoms with Gasteiger partial charge < -0.3 is 9.30 Å². The van der Waals surface area contributed by atoms with Crippen LogP contribution in [0.3, 0.4) is 0 Å². The molecule has 2 aromatic rings. The zero-order valence-corrected chi connectivity index (χ0v) is 16.1. The minimum absolute atomic E-state index is 0.0296. The molecule has 134 valence electrons. The fraction of sp³-hybridized carbons (Fsp3) is 0.600. The number of thiazole rings is 1. The average molecular weight is 373 g/mol. The summed E-state index contributed by atoms with van der Waals surface area (Å²) in [5.74, 6) is 0.0296. The zero-order valence-electron chi connectivity index (χ0n) is 14.5. The van der Waals surface area contributed by atoms with Crippen molar-refractivity contribution in [3.63, 3.8) is 0 Å². The second-order valence-electron chi connectivity index (χ2n) is 5.54. The van der Waals surface area contributed by atoms with Crippen molar-refractivity contribution in [2.45, 2.75) is 38.1 Å². The maximum absolute atomic E-state index is 12.3. The van der Waals surface area contributed by atoms with Gasteiger partial charge in [0.1, 0.15) is 5.01 Å². The molecule has 0 spiro atoms. The monoisotopic (exact) mass is 372 g/mol. The fourth-order valence-corrected chi connectivity index (χ4v) is 4.11. The molecule has 0 amide bonds. The van der Waals surface area contributed by atoms with Gasteiger partial charge in [-0.2, -0.15) is 0 Å². The van der Waals surface area contributed by atoms with E-state index in [9.17, 15) is 8.42 Å². The smallest absolute Gasteiger partial charge is 0.227 e. The Labute approximate surface area is 147 Å². The minimum Gasteiger partial charge on any atom is -0.383 e. The molecule has 1 atom stereocenters. The molecule has 0 saturated heterocycles. The Bertz CT molecular complexity index is 741. The third kappa shape index (κ3) is 4.21. The molecular weight excluding hydrogens is 348 g/mol. The molecule has 7 nitrogen and oxygen atoms in total. The van der Waals surface area contributed by atoms with E-state index < -0.39 is 9.84 Å². The van der Waals surface area contributed by atoms with E-state index >= 15 is 0 Å². The zero-order chi connectivity index (χ0) is 17.7. The number of ether oxygens (including phenoxy) is 1. The van der Waals surface area contributed by atoms with Gasteiger partial charge >= 0.3 is 0 Å². The summed E-state index contributed by atoms with van der Waals surface area (Å²) >= 11 is 1.61. The number of hydrogen-bond acceptors (Lipinski definition) is 7. The number of aromatic nitrogens is 3. The third-order valence-corrected chi connectivity index (χ3v) is 6.55. The van der Waals surface area contributed by atoms with E-state index in [-0.39, 0.29) is 17.0 Å². The van der Waals surface area contributed by atoms with E-state index in [0.29, 0.717) is 19.7 Å². The van der Waals surface area contributed by atoms with Crippen LogP contribution in [0.4, 0.5) is 0 Å². The van der Waals surface area contributed by atoms with Crippen molar-refractivity contribution >= 4 is 21.2 Å². The van der Waals surface area contributed by atoms with Gasteiger partial charge in [0.25, 0.3) is 0 Å². The van der Waals surface area contributed by atoms with Gasteiger partial charge in [-0.25, -0.2) is 18.4 Å². The first-order valence-corrected chi connectivity index (χ1v) is 10.3. The van der Waals surface area contributed by atoms with E-state index in [4.69, 9.17) is 4.74 Å². The van der Waals surface area contributed by atoms with Crippen molar-refractivity contribution in [2.24, 2.45) is 0 Å². The van der Waals surface area contributed by atoms with E-state index in [1.54, 1.807) is 42.3 Å². The van der Waals surface area contributed by atoms with Crippen LogP contribution < -0.4 is 0 Å². The maximum atomic E-state index is 12.3. The summed E-state index contributed by atoms with van der Waals surface area (Å²) in [4.78, 5) is 10.6. The van der Waals surface area contributed by atoms with Gasteiger partial charge in [-0.15, -0.1) is 11.3 Å². The molecule has 2 aromatic heterocycles. The summed E-state index contributed by atoms with van der Waals surface area (Å²) in [6.07, 6.45) is 3.43. The first-order chi connectivity index (χ1) is 11.4. The highest BCUT2D eigenvalue weighted by Crippen LogP contribution is 2.23. The Kier molecular flexibility index (Phi) is 6.50. The minimum atomic E-state index is -3.37. The number of sulfone groups is 1. The van der Waals surface area contributed by atoms with E-state index in [2.05, 4.69) is 21.8 Å². The lowest BCUT2D eigenvalue weighted by molar-refractivity contribution is 0.180. The summed E-state index contributed by atoms with van der Waals surface area (Å²) in [5.41, 5.74) is 0.852. The van der Waals surface area contributed by atoms with Crippen molar-refractivity contribution in [3.8, 4) is 0 Å². The predicted molar refractivity (Wildman–Crippen MR) is 93.8 cm³/mol. The molecule has 0 radical (unpaired) electrons. The molecule has 0 bridgehead atoms. The SMILES string of the molecule is CCS(=O)(=O)c1ncc(CN(C)[C@@H](C)c2nccs2)n1CCOC. The van der Waals surface area contributed by atoms with Crippen LogP contribution in [0.2, 0.25) is 0 Å². The largest absolute Gasteiger partial charge is 0.383 e. The number of methoxy groups -OCH3 is 1. The Balaban J connectivity index is 2.26. The van der Waals surface area contributed by atoms with Crippen LogP contribution in [-0.4, -0.2) is 54.4 Å². The standard InChI is InChI=1S/C15H24N4O3S2/c1-5-24(20,21)15-17-10-13(19(15)7-8-22-4)11-18(3)12(2)14-16-6-9-23-14/h6,9-10,12H,5,7-8,11H2,1-4H3/t12-/m0/s1. The molecule has 2 rings (SSSR count). The third-order valence-electron chi connectivity index (χ3n) is 3.96. The lowest BCUT2D eigenvalue weighted by Gasteiger charge is -2.23. The number of hydrogen-bond donors (Lipinski definition) is 0. The molecule has 0 unspecified atom stereocenters. The molecule has 0 N–H and O–H groups in total. The van der Waals surface area contributed by atoms with Crippen LogP contribution in [0.25, 0.3) is 0 Å². The molecule has 24 heavy (non-hydrogen) atoms. The van der Waals surface area contributed by atoms with Gasteiger partial charge in [0.2, 0.25) is 15.0 Å². The first kappa shape index (κ1) is 19.0. The first-order valence-electron chi connectivity index (χ1n) is 7.76. The molecule has 0 aliphatic carbocycles. The summed E-state index contributed by atoms with van der Waals surface area (Å²) in [6.45, 7) is 5.18. The van der Waals surface area contributed by atoms with Gasteiger partial charge in [0.15, 0.2) is 0 Å². The highest BCUT2D eigenvalue weighted by Gasteiger charge is 2.23. The molecule has 0 aromatic carbocycles. The van der Waals surface area contributed by atoms with Crippen molar-refractivity contribution in [1.29, 1.82) is 0 Å². The summed E-state index contributed by atoms with van der Waals surface area (Å²) < 4.78 is 31.4. The van der Waals surface area contributed by atoms with Crippen LogP contribution in [0.15, 0.2) is 22.9 Å². The van der Waals surface area contributed by atoms with Crippen molar-refractivity contribution in [3.05, 3.63) is 28.5 Å². The van der Waals surface area contributed by atoms with Crippen LogP contribution >= 0.6 is 11.3 Å². The number of imidazole rings is 1. The van der Waals surface area contributed by atoms with Gasteiger partial charge in [0, 0.05) is 31.8 Å². The quantitative estimate of drug-likeness (QED) is 0.670. The Hall–Kier alpha value is -1.29. The van der Waals surface area contributed by atoms with Crippen molar-refractivity contribution < 1.29 is 13.2 Å². The Morgan fingerprint density at radius 1 is 1.42 bits per heavy atom. The van der Waals surface area contributed by atoms with Crippen LogP contribution in [-0.2, 0) is 27.7 Å². The van der Waals surface area contributed by atoms with Gasteiger partial charge in [-0.05, 0) is 14.0 Å². The number of rotatable bonds is 9. The molecular formula is C15H24N4O3S2. The van der Waals surface area contributed by atoms with Crippen LogP contribution in [0, 0.1) is 0 Å². The molecule has 0 aliphatic heterocycles. The van der Waals surface area contributed by atoms with Crippen LogP contribution in [0.1, 0.15) is 30.6 Å². The molecule has 0 aliphatic rings.